The smallest absolute Gasteiger partial charge is 0.251 e. The molecule has 2 aromatic carbocycles. The fraction of sp³-hybridized carbons (Fsp3) is 0.208. The number of hydrogen-bond donors (Lipinski definition) is 1. The van der Waals surface area contributed by atoms with Crippen LogP contribution >= 0.6 is 0 Å². The van der Waals surface area contributed by atoms with Crippen LogP contribution in [0.3, 0.4) is 0 Å². The van der Waals surface area contributed by atoms with Crippen LogP contribution in [0.15, 0.2) is 89.6 Å². The molecule has 0 radical (unpaired) electrons. The zero-order valence-corrected chi connectivity index (χ0v) is 16.8. The van der Waals surface area contributed by atoms with Crippen LogP contribution < -0.4 is 5.32 Å². The van der Waals surface area contributed by atoms with Gasteiger partial charge in [-0.2, -0.15) is 0 Å². The van der Waals surface area contributed by atoms with E-state index in [0.29, 0.717) is 19.4 Å². The van der Waals surface area contributed by atoms with Gasteiger partial charge in [-0.3, -0.25) is 14.7 Å². The lowest BCUT2D eigenvalue weighted by Crippen LogP contribution is -2.37. The maximum Gasteiger partial charge on any atom is 0.251 e. The molecule has 3 aromatic rings. The third-order valence-corrected chi connectivity index (χ3v) is 5.63. The summed E-state index contributed by atoms with van der Waals surface area (Å²) in [5, 5.41) is 3.45. The Morgan fingerprint density at radius 1 is 1.07 bits per heavy atom. The molecule has 6 heteroatoms. The maximum atomic E-state index is 13.3. The molecule has 3 heterocycles. The lowest BCUT2D eigenvalue weighted by atomic mass is 10.1. The summed E-state index contributed by atoms with van der Waals surface area (Å²) >= 11 is 0. The molecule has 1 aromatic heterocycles. The molecule has 1 amide bonds. The molecule has 30 heavy (non-hydrogen) atoms. The van der Waals surface area contributed by atoms with Crippen molar-refractivity contribution in [3.8, 4) is 0 Å². The van der Waals surface area contributed by atoms with E-state index in [-0.39, 0.29) is 11.9 Å². The van der Waals surface area contributed by atoms with Crippen LogP contribution in [0.4, 0.5) is 0 Å². The van der Waals surface area contributed by atoms with Crippen molar-refractivity contribution in [2.75, 3.05) is 6.54 Å². The van der Waals surface area contributed by atoms with Crippen molar-refractivity contribution in [1.82, 2.24) is 19.8 Å². The van der Waals surface area contributed by atoms with E-state index in [0.717, 1.165) is 28.6 Å². The topological polar surface area (TPSA) is 62.5 Å². The Balaban J connectivity index is 1.50. The monoisotopic (exact) mass is 397 g/mol. The van der Waals surface area contributed by atoms with Crippen molar-refractivity contribution < 1.29 is 4.79 Å². The highest BCUT2D eigenvalue weighted by atomic mass is 16.2. The molecule has 1 N–H and O–H groups in total. The van der Waals surface area contributed by atoms with Crippen LogP contribution in [0.2, 0.25) is 0 Å². The molecule has 150 valence electrons. The average molecular weight is 397 g/mol. The van der Waals surface area contributed by atoms with Gasteiger partial charge in [-0.25, -0.2) is 4.98 Å². The Bertz CT molecular complexity index is 1130. The zero-order chi connectivity index (χ0) is 20.5. The van der Waals surface area contributed by atoms with Gasteiger partial charge >= 0.3 is 0 Å². The molecule has 1 atom stereocenters. The summed E-state index contributed by atoms with van der Waals surface area (Å²) in [5.74, 6) is 1.78. The number of aryl methyl sites for hydroxylation is 1. The number of aliphatic imine (C=N–C) groups is 1. The van der Waals surface area contributed by atoms with Crippen molar-refractivity contribution in [1.29, 1.82) is 0 Å². The molecule has 0 spiro atoms. The lowest BCUT2D eigenvalue weighted by molar-refractivity contribution is -0.127. The third-order valence-electron chi connectivity index (χ3n) is 5.63. The standard InChI is InChI=1S/C24H23N5O/c1-28-13-12-25-22(28)15-20-24(30)29-16-21(18-10-6-3-7-11-18)26-19(23(29)27-20)14-17-8-4-2-5-9-17/h2-13,20,27H,14-16H2,1H3. The molecule has 0 saturated carbocycles. The first-order valence-corrected chi connectivity index (χ1v) is 10.1. The summed E-state index contributed by atoms with van der Waals surface area (Å²) in [6.07, 6.45) is 4.87. The van der Waals surface area contributed by atoms with Crippen molar-refractivity contribution in [2.24, 2.45) is 12.0 Å². The number of nitrogens with zero attached hydrogens (tertiary/aromatic N) is 4. The number of allylic oxidation sites excluding steroid dienone is 1. The highest BCUT2D eigenvalue weighted by molar-refractivity contribution is 6.06. The number of amides is 1. The predicted molar refractivity (Wildman–Crippen MR) is 116 cm³/mol. The van der Waals surface area contributed by atoms with Gasteiger partial charge < -0.3 is 9.88 Å². The first-order chi connectivity index (χ1) is 14.7. The number of rotatable bonds is 5. The largest absolute Gasteiger partial charge is 0.358 e. The van der Waals surface area contributed by atoms with Crippen molar-refractivity contribution in [2.45, 2.75) is 18.9 Å². The highest BCUT2D eigenvalue weighted by Crippen LogP contribution is 2.27. The van der Waals surface area contributed by atoms with Crippen LogP contribution in [0, 0.1) is 0 Å². The Morgan fingerprint density at radius 2 is 1.80 bits per heavy atom. The molecule has 1 fully saturated rings. The average Bonchev–Trinajstić information content (AvgIpc) is 3.33. The van der Waals surface area contributed by atoms with E-state index in [4.69, 9.17) is 4.99 Å². The van der Waals surface area contributed by atoms with Crippen molar-refractivity contribution in [3.63, 3.8) is 0 Å². The Morgan fingerprint density at radius 3 is 2.50 bits per heavy atom. The Kier molecular flexibility index (Phi) is 4.67. The third kappa shape index (κ3) is 3.41. The number of hydrogen-bond acceptors (Lipinski definition) is 4. The summed E-state index contributed by atoms with van der Waals surface area (Å²) in [5.41, 5.74) is 4.02. The van der Waals surface area contributed by atoms with E-state index in [1.807, 2.05) is 71.2 Å². The van der Waals surface area contributed by atoms with Crippen LogP contribution in [0.5, 0.6) is 0 Å². The molecule has 1 saturated heterocycles. The van der Waals surface area contributed by atoms with Gasteiger partial charge in [0.25, 0.3) is 5.91 Å². The summed E-state index contributed by atoms with van der Waals surface area (Å²) in [4.78, 5) is 24.5. The number of benzene rings is 2. The van der Waals surface area contributed by atoms with E-state index >= 15 is 0 Å². The highest BCUT2D eigenvalue weighted by Gasteiger charge is 2.40. The Labute approximate surface area is 175 Å². The quantitative estimate of drug-likeness (QED) is 0.720. The Hall–Kier alpha value is -3.67. The van der Waals surface area contributed by atoms with Gasteiger partial charge in [-0.05, 0) is 11.1 Å². The van der Waals surface area contributed by atoms with E-state index in [1.165, 1.54) is 5.56 Å². The normalized spacial score (nSPS) is 18.3. The summed E-state index contributed by atoms with van der Waals surface area (Å²) in [6.45, 7) is 0.473. The van der Waals surface area contributed by atoms with Crippen molar-refractivity contribution >= 4 is 11.6 Å². The molecule has 0 bridgehead atoms. The number of aromatic nitrogens is 2. The first kappa shape index (κ1) is 18.4. The van der Waals surface area contributed by atoms with E-state index in [2.05, 4.69) is 22.4 Å². The fourth-order valence-electron chi connectivity index (χ4n) is 4.01. The summed E-state index contributed by atoms with van der Waals surface area (Å²) < 4.78 is 1.96. The summed E-state index contributed by atoms with van der Waals surface area (Å²) in [6, 6.07) is 20.0. The zero-order valence-electron chi connectivity index (χ0n) is 16.8. The van der Waals surface area contributed by atoms with Crippen molar-refractivity contribution in [3.05, 3.63) is 102 Å². The number of carbonyl (C=O) groups excluding carboxylic acids is 1. The second-order valence-corrected chi connectivity index (χ2v) is 7.66. The predicted octanol–water partition coefficient (Wildman–Crippen LogP) is 2.68. The lowest BCUT2D eigenvalue weighted by Gasteiger charge is -2.25. The van der Waals surface area contributed by atoms with Gasteiger partial charge in [0, 0.05) is 32.3 Å². The van der Waals surface area contributed by atoms with E-state index in [1.54, 1.807) is 6.20 Å². The molecule has 2 aliphatic heterocycles. The van der Waals surface area contributed by atoms with Gasteiger partial charge in [0.05, 0.1) is 18.0 Å². The SMILES string of the molecule is Cn1ccnc1CC1NC2=C(Cc3ccccc3)N=C(c3ccccc3)CN2C1=O. The van der Waals surface area contributed by atoms with Gasteiger partial charge in [0.15, 0.2) is 0 Å². The minimum absolute atomic E-state index is 0.0712. The molecule has 1 unspecified atom stereocenters. The van der Waals surface area contributed by atoms with Gasteiger partial charge in [-0.15, -0.1) is 0 Å². The minimum atomic E-state index is -0.336. The number of nitrogens with one attached hydrogen (secondary N) is 1. The first-order valence-electron chi connectivity index (χ1n) is 10.1. The molecule has 0 aliphatic carbocycles. The fourth-order valence-corrected chi connectivity index (χ4v) is 4.01. The molecular weight excluding hydrogens is 374 g/mol. The number of fused-ring (bicyclic) bond motifs is 1. The van der Waals surface area contributed by atoms with Crippen LogP contribution in [-0.2, 0) is 24.7 Å². The maximum absolute atomic E-state index is 13.3. The van der Waals surface area contributed by atoms with Gasteiger partial charge in [0.1, 0.15) is 17.7 Å². The van der Waals surface area contributed by atoms with Gasteiger partial charge in [0.2, 0.25) is 0 Å². The second-order valence-electron chi connectivity index (χ2n) is 7.66. The van der Waals surface area contributed by atoms with Crippen LogP contribution in [-0.4, -0.2) is 38.7 Å². The van der Waals surface area contributed by atoms with Crippen LogP contribution in [0.25, 0.3) is 0 Å². The van der Waals surface area contributed by atoms with E-state index in [9.17, 15) is 4.79 Å². The molecule has 6 nitrogen and oxygen atoms in total. The van der Waals surface area contributed by atoms with Gasteiger partial charge in [-0.1, -0.05) is 60.7 Å². The van der Waals surface area contributed by atoms with E-state index < -0.39 is 0 Å². The summed E-state index contributed by atoms with van der Waals surface area (Å²) in [7, 11) is 1.95. The molecule has 2 aliphatic rings. The minimum Gasteiger partial charge on any atom is -0.358 e. The molecule has 5 rings (SSSR count). The molecular formula is C24H23N5O. The number of carbonyl (C=O) groups is 1. The second kappa shape index (κ2) is 7.63. The number of imidazole rings is 1. The van der Waals surface area contributed by atoms with Crippen LogP contribution in [0.1, 0.15) is 17.0 Å².